The number of methoxy groups -OCH3 is 1. The maximum Gasteiger partial charge on any atom is 0.119 e. The molecule has 2 aliphatic heterocycles. The van der Waals surface area contributed by atoms with Crippen LogP contribution < -0.4 is 15.2 Å². The number of fused-ring (bicyclic) bond motifs is 8. The van der Waals surface area contributed by atoms with Gasteiger partial charge in [-0.15, -0.1) is 0 Å². The Hall–Kier alpha value is -7.98. The lowest BCUT2D eigenvalue weighted by atomic mass is 10.0. The molecule has 59 heavy (non-hydrogen) atoms. The molecule has 0 aliphatic carbocycles. The topological polar surface area (TPSA) is 149 Å². The number of aromatic nitrogens is 4. The van der Waals surface area contributed by atoms with Crippen LogP contribution in [0.4, 0.5) is 0 Å². The third-order valence-corrected chi connectivity index (χ3v) is 10.5. The maximum atomic E-state index is 9.63. The summed E-state index contributed by atoms with van der Waals surface area (Å²) in [6.45, 7) is 1.10. The van der Waals surface area contributed by atoms with Gasteiger partial charge in [0.2, 0.25) is 0 Å². The van der Waals surface area contributed by atoms with Gasteiger partial charge in [-0.1, -0.05) is 48.5 Å². The van der Waals surface area contributed by atoms with Crippen LogP contribution >= 0.6 is 0 Å². The van der Waals surface area contributed by atoms with E-state index in [4.69, 9.17) is 25.2 Å². The van der Waals surface area contributed by atoms with Crippen molar-refractivity contribution in [3.05, 3.63) is 155 Å². The SMILES string of the molecule is COc1ccc(-c2c3nc(c(-c4ccc(C#N)cc4)c4ccc([nH]4)c(-c4ccc(OCCCN)cc4)c4nc(c(-c5ccc(C#N)cc5)c5ccc2[nH]5)C=C4)C=C3)cc1. The molecule has 0 unspecified atom stereocenters. The normalized spacial score (nSPS) is 11.6. The summed E-state index contributed by atoms with van der Waals surface area (Å²) < 4.78 is 11.5. The number of rotatable bonds is 9. The smallest absolute Gasteiger partial charge is 0.119 e. The monoisotopic (exact) mass is 767 g/mol. The van der Waals surface area contributed by atoms with Crippen molar-refractivity contribution >= 4 is 46.4 Å². The van der Waals surface area contributed by atoms with Crippen molar-refractivity contribution in [2.75, 3.05) is 20.3 Å². The van der Waals surface area contributed by atoms with E-state index in [-0.39, 0.29) is 0 Å². The Morgan fingerprint density at radius 1 is 0.492 bits per heavy atom. The highest BCUT2D eigenvalue weighted by atomic mass is 16.5. The van der Waals surface area contributed by atoms with Gasteiger partial charge in [-0.25, -0.2) is 9.97 Å². The van der Waals surface area contributed by atoms with Gasteiger partial charge in [0.05, 0.1) is 59.8 Å². The molecule has 0 radical (unpaired) electrons. The molecule has 7 aromatic rings. The van der Waals surface area contributed by atoms with Crippen molar-refractivity contribution in [2.45, 2.75) is 6.42 Å². The largest absolute Gasteiger partial charge is 0.497 e. The van der Waals surface area contributed by atoms with Gasteiger partial charge in [0.25, 0.3) is 0 Å². The Kier molecular flexibility index (Phi) is 9.86. The fraction of sp³-hybridized carbons (Fsp3) is 0.0800. The molecule has 0 saturated carbocycles. The number of hydrogen-bond acceptors (Lipinski definition) is 7. The summed E-state index contributed by atoms with van der Waals surface area (Å²) in [5.41, 5.74) is 20.7. The molecule has 4 aromatic carbocycles. The van der Waals surface area contributed by atoms with E-state index in [2.05, 4.69) is 58.5 Å². The van der Waals surface area contributed by atoms with Gasteiger partial charge in [0.1, 0.15) is 11.5 Å². The van der Waals surface area contributed by atoms with E-state index < -0.39 is 0 Å². The summed E-state index contributed by atoms with van der Waals surface area (Å²) in [7, 11) is 1.66. The minimum Gasteiger partial charge on any atom is -0.497 e. The molecule has 0 spiro atoms. The highest BCUT2D eigenvalue weighted by Crippen LogP contribution is 2.39. The van der Waals surface area contributed by atoms with Crippen LogP contribution in [0.2, 0.25) is 0 Å². The molecule has 8 bridgehead atoms. The number of benzene rings is 4. The van der Waals surface area contributed by atoms with Crippen molar-refractivity contribution in [1.82, 2.24) is 19.9 Å². The first-order chi connectivity index (χ1) is 29.0. The van der Waals surface area contributed by atoms with Crippen LogP contribution in [0.5, 0.6) is 11.5 Å². The second-order valence-corrected chi connectivity index (χ2v) is 14.1. The second-order valence-electron chi connectivity index (χ2n) is 14.1. The van der Waals surface area contributed by atoms with Crippen molar-refractivity contribution in [3.8, 4) is 68.1 Å². The third kappa shape index (κ3) is 7.15. The van der Waals surface area contributed by atoms with Crippen LogP contribution in [0.1, 0.15) is 40.3 Å². The lowest BCUT2D eigenvalue weighted by Crippen LogP contribution is -2.05. The number of nitriles is 2. The average Bonchev–Trinajstić information content (AvgIpc) is 4.13. The Labute approximate surface area is 341 Å². The first-order valence-electron chi connectivity index (χ1n) is 19.3. The van der Waals surface area contributed by atoms with Gasteiger partial charge in [-0.3, -0.25) is 0 Å². The van der Waals surface area contributed by atoms with Gasteiger partial charge in [-0.2, -0.15) is 10.5 Å². The predicted molar refractivity (Wildman–Crippen MR) is 236 cm³/mol. The van der Waals surface area contributed by atoms with Crippen molar-refractivity contribution < 1.29 is 9.47 Å². The lowest BCUT2D eigenvalue weighted by Gasteiger charge is -2.09. The molecule has 5 heterocycles. The minimum atomic E-state index is 0.541. The molecule has 2 aliphatic rings. The molecule has 9 rings (SSSR count). The van der Waals surface area contributed by atoms with Gasteiger partial charge >= 0.3 is 0 Å². The molecule has 0 amide bonds. The van der Waals surface area contributed by atoms with Crippen LogP contribution in [0, 0.1) is 22.7 Å². The average molecular weight is 768 g/mol. The van der Waals surface area contributed by atoms with Crippen LogP contribution in [0.25, 0.3) is 90.9 Å². The van der Waals surface area contributed by atoms with Gasteiger partial charge in [0.15, 0.2) is 0 Å². The first-order valence-corrected chi connectivity index (χ1v) is 19.3. The standard InChI is InChI=1S/C50H37N7O2/c1-58-37-15-11-35(12-16-37)49-43-23-19-39(54-43)47(33-7-3-31(29-52)4-8-33)41-21-25-45(56-41)50(36-13-17-38(18-14-36)59-28-2-27-51)46-26-22-42(57-46)48(40-20-24-44(49)55-40)34-9-5-32(30-53)6-10-34/h3-26,54,57H,2,27-28,51H2,1H3. The summed E-state index contributed by atoms with van der Waals surface area (Å²) in [6, 6.07) is 44.0. The Balaban J connectivity index is 1.40. The molecule has 9 heteroatoms. The molecule has 9 nitrogen and oxygen atoms in total. The molecule has 0 saturated heterocycles. The summed E-state index contributed by atoms with van der Waals surface area (Å²) in [6.07, 6.45) is 8.95. The van der Waals surface area contributed by atoms with Crippen LogP contribution in [-0.4, -0.2) is 40.2 Å². The van der Waals surface area contributed by atoms with E-state index >= 15 is 0 Å². The molecule has 3 aromatic heterocycles. The van der Waals surface area contributed by atoms with Gasteiger partial charge < -0.3 is 25.2 Å². The minimum absolute atomic E-state index is 0.541. The van der Waals surface area contributed by atoms with Crippen LogP contribution in [-0.2, 0) is 0 Å². The molecule has 284 valence electrons. The number of H-pyrrole nitrogens is 2. The van der Waals surface area contributed by atoms with E-state index in [0.717, 1.165) is 107 Å². The van der Waals surface area contributed by atoms with Crippen molar-refractivity contribution in [3.63, 3.8) is 0 Å². The number of nitrogens with two attached hydrogens (primary N) is 1. The lowest BCUT2D eigenvalue weighted by molar-refractivity contribution is 0.313. The molecular formula is C50H37N7O2. The summed E-state index contributed by atoms with van der Waals surface area (Å²) in [5.74, 6) is 1.51. The second kappa shape index (κ2) is 15.9. The molecular weight excluding hydrogens is 731 g/mol. The Morgan fingerprint density at radius 2 is 0.831 bits per heavy atom. The molecule has 4 N–H and O–H groups in total. The van der Waals surface area contributed by atoms with E-state index in [0.29, 0.717) is 24.3 Å². The summed E-state index contributed by atoms with van der Waals surface area (Å²) >= 11 is 0. The van der Waals surface area contributed by atoms with Crippen molar-refractivity contribution in [1.29, 1.82) is 10.5 Å². The zero-order valence-electron chi connectivity index (χ0n) is 32.2. The van der Waals surface area contributed by atoms with E-state index in [1.165, 1.54) is 0 Å². The van der Waals surface area contributed by atoms with E-state index in [1.807, 2.05) is 109 Å². The number of nitrogens with one attached hydrogen (secondary N) is 2. The van der Waals surface area contributed by atoms with Crippen LogP contribution in [0.3, 0.4) is 0 Å². The van der Waals surface area contributed by atoms with Crippen LogP contribution in [0.15, 0.2) is 121 Å². The zero-order chi connectivity index (χ0) is 40.3. The number of hydrogen-bond donors (Lipinski definition) is 3. The number of nitrogens with zero attached hydrogens (tertiary/aromatic N) is 4. The number of ether oxygens (including phenoxy) is 2. The highest BCUT2D eigenvalue weighted by molar-refractivity contribution is 6.00. The third-order valence-electron chi connectivity index (χ3n) is 10.5. The number of aromatic amines is 2. The maximum absolute atomic E-state index is 9.63. The van der Waals surface area contributed by atoms with Gasteiger partial charge in [-0.05, 0) is 132 Å². The van der Waals surface area contributed by atoms with Crippen molar-refractivity contribution in [2.24, 2.45) is 5.73 Å². The van der Waals surface area contributed by atoms with E-state index in [9.17, 15) is 10.5 Å². The fourth-order valence-electron chi connectivity index (χ4n) is 7.59. The van der Waals surface area contributed by atoms with E-state index in [1.54, 1.807) is 7.11 Å². The Bertz CT molecular complexity index is 2980. The predicted octanol–water partition coefficient (Wildman–Crippen LogP) is 10.8. The first kappa shape index (κ1) is 36.6. The Morgan fingerprint density at radius 3 is 1.15 bits per heavy atom. The van der Waals surface area contributed by atoms with Gasteiger partial charge in [0, 0.05) is 44.3 Å². The zero-order valence-corrected chi connectivity index (χ0v) is 32.2. The summed E-state index contributed by atoms with van der Waals surface area (Å²) in [4.78, 5) is 18.2. The quantitative estimate of drug-likeness (QED) is 0.124. The molecule has 0 fully saturated rings. The fourth-order valence-corrected chi connectivity index (χ4v) is 7.59. The summed E-state index contributed by atoms with van der Waals surface area (Å²) in [5, 5.41) is 19.3. The molecule has 0 atom stereocenters. The highest BCUT2D eigenvalue weighted by Gasteiger charge is 2.19.